The molecule has 0 aliphatic carbocycles. The monoisotopic (exact) mass is 342 g/mol. The van der Waals surface area contributed by atoms with Gasteiger partial charge in [-0.2, -0.15) is 4.31 Å². The summed E-state index contributed by atoms with van der Waals surface area (Å²) >= 11 is 0. The molecule has 0 radical (unpaired) electrons. The summed E-state index contributed by atoms with van der Waals surface area (Å²) in [6.45, 7) is 5.56. The minimum absolute atomic E-state index is 0.176. The van der Waals surface area contributed by atoms with Gasteiger partial charge in [0.25, 0.3) is 0 Å². The zero-order valence-electron chi connectivity index (χ0n) is 14.4. The fraction of sp³-hybridized carbons (Fsp3) is 0.562. The van der Waals surface area contributed by atoms with E-state index >= 15 is 0 Å². The maximum absolute atomic E-state index is 12.0. The van der Waals surface area contributed by atoms with Crippen molar-refractivity contribution in [1.82, 2.24) is 9.62 Å². The molecule has 1 rings (SSSR count). The van der Waals surface area contributed by atoms with Crippen LogP contribution >= 0.6 is 0 Å². The number of hydrogen-bond acceptors (Lipinski definition) is 4. The van der Waals surface area contributed by atoms with Crippen molar-refractivity contribution in [3.05, 3.63) is 29.8 Å². The van der Waals surface area contributed by atoms with Crippen LogP contribution < -0.4 is 10.1 Å². The lowest BCUT2D eigenvalue weighted by molar-refractivity contribution is -0.121. The molecule has 1 N–H and O–H groups in total. The van der Waals surface area contributed by atoms with Crippen LogP contribution in [0.25, 0.3) is 0 Å². The Morgan fingerprint density at radius 3 is 2.22 bits per heavy atom. The molecule has 0 aliphatic heterocycles. The Balaban J connectivity index is 2.52. The molecule has 6 nitrogen and oxygen atoms in total. The summed E-state index contributed by atoms with van der Waals surface area (Å²) in [5.41, 5.74) is 0.433. The van der Waals surface area contributed by atoms with E-state index < -0.39 is 15.6 Å². The van der Waals surface area contributed by atoms with Crippen LogP contribution in [0, 0.1) is 0 Å². The number of ether oxygens (including phenoxy) is 1. The third-order valence-electron chi connectivity index (χ3n) is 3.33. The fourth-order valence-electron chi connectivity index (χ4n) is 2.18. The average Bonchev–Trinajstić information content (AvgIpc) is 2.43. The van der Waals surface area contributed by atoms with Crippen molar-refractivity contribution in [3.8, 4) is 5.75 Å². The Kier molecular flexibility index (Phi) is 6.58. The summed E-state index contributed by atoms with van der Waals surface area (Å²) < 4.78 is 29.9. The van der Waals surface area contributed by atoms with E-state index in [9.17, 15) is 13.2 Å². The quantitative estimate of drug-likeness (QED) is 0.813. The Labute approximate surface area is 138 Å². The van der Waals surface area contributed by atoms with Crippen molar-refractivity contribution in [1.29, 1.82) is 0 Å². The topological polar surface area (TPSA) is 75.7 Å². The molecule has 0 saturated carbocycles. The number of sulfonamides is 1. The molecule has 0 unspecified atom stereocenters. The highest BCUT2D eigenvalue weighted by molar-refractivity contribution is 7.88. The Bertz CT molecular complexity index is 618. The molecule has 1 aromatic rings. The second kappa shape index (κ2) is 7.79. The molecule has 0 fully saturated rings. The lowest BCUT2D eigenvalue weighted by Crippen LogP contribution is -2.50. The first-order chi connectivity index (χ1) is 10.5. The molecule has 130 valence electrons. The zero-order valence-corrected chi connectivity index (χ0v) is 15.2. The standard InChI is InChI=1S/C16H26N2O4S/c1-16(2,3)18(23(5,20)21)12-15(19)17-11-10-13-6-8-14(22-4)9-7-13/h6-9H,10-12H2,1-5H3,(H,17,19). The van der Waals surface area contributed by atoms with Gasteiger partial charge in [-0.05, 0) is 44.9 Å². The molecule has 23 heavy (non-hydrogen) atoms. The number of amides is 1. The van der Waals surface area contributed by atoms with Gasteiger partial charge in [0, 0.05) is 12.1 Å². The van der Waals surface area contributed by atoms with Gasteiger partial charge in [-0.1, -0.05) is 12.1 Å². The van der Waals surface area contributed by atoms with Crippen LogP contribution in [0.1, 0.15) is 26.3 Å². The van der Waals surface area contributed by atoms with Crippen molar-refractivity contribution in [2.75, 3.05) is 26.5 Å². The second-order valence-corrected chi connectivity index (χ2v) is 8.30. The van der Waals surface area contributed by atoms with Crippen LogP contribution in [-0.2, 0) is 21.2 Å². The van der Waals surface area contributed by atoms with Gasteiger partial charge in [0.05, 0.1) is 19.9 Å². The van der Waals surface area contributed by atoms with Crippen LogP contribution in [0.15, 0.2) is 24.3 Å². The highest BCUT2D eigenvalue weighted by Gasteiger charge is 2.31. The van der Waals surface area contributed by atoms with Crippen molar-refractivity contribution < 1.29 is 17.9 Å². The molecule has 1 amide bonds. The van der Waals surface area contributed by atoms with Crippen LogP contribution in [0.4, 0.5) is 0 Å². The fourth-order valence-corrected chi connectivity index (χ4v) is 3.52. The third-order valence-corrected chi connectivity index (χ3v) is 4.81. The van der Waals surface area contributed by atoms with E-state index in [1.54, 1.807) is 27.9 Å². The van der Waals surface area contributed by atoms with E-state index in [1.165, 1.54) is 4.31 Å². The number of carbonyl (C=O) groups is 1. The van der Waals surface area contributed by atoms with Gasteiger partial charge < -0.3 is 10.1 Å². The molecule has 0 heterocycles. The molecular formula is C16H26N2O4S. The van der Waals surface area contributed by atoms with Crippen LogP contribution in [0.2, 0.25) is 0 Å². The summed E-state index contributed by atoms with van der Waals surface area (Å²) in [6.07, 6.45) is 1.78. The normalized spacial score (nSPS) is 12.3. The van der Waals surface area contributed by atoms with Crippen LogP contribution in [0.5, 0.6) is 5.75 Å². The van der Waals surface area contributed by atoms with Gasteiger partial charge in [0.2, 0.25) is 15.9 Å². The van der Waals surface area contributed by atoms with Gasteiger partial charge in [-0.3, -0.25) is 4.79 Å². The van der Waals surface area contributed by atoms with Crippen molar-refractivity contribution in [2.24, 2.45) is 0 Å². The van der Waals surface area contributed by atoms with Gasteiger partial charge in [-0.25, -0.2) is 8.42 Å². The van der Waals surface area contributed by atoms with Gasteiger partial charge in [0.15, 0.2) is 0 Å². The maximum atomic E-state index is 12.0. The Morgan fingerprint density at radius 2 is 1.78 bits per heavy atom. The van der Waals surface area contributed by atoms with E-state index in [-0.39, 0.29) is 12.5 Å². The predicted molar refractivity (Wildman–Crippen MR) is 91.0 cm³/mol. The number of nitrogens with zero attached hydrogens (tertiary/aromatic N) is 1. The molecule has 7 heteroatoms. The maximum Gasteiger partial charge on any atom is 0.235 e. The number of carbonyl (C=O) groups excluding carboxylic acids is 1. The first-order valence-corrected chi connectivity index (χ1v) is 9.26. The number of methoxy groups -OCH3 is 1. The van der Waals surface area contributed by atoms with E-state index in [4.69, 9.17) is 4.74 Å². The molecule has 1 aromatic carbocycles. The largest absolute Gasteiger partial charge is 0.497 e. The predicted octanol–water partition coefficient (Wildman–Crippen LogP) is 1.41. The van der Waals surface area contributed by atoms with E-state index in [0.29, 0.717) is 13.0 Å². The summed E-state index contributed by atoms with van der Waals surface area (Å²) in [6, 6.07) is 7.59. The summed E-state index contributed by atoms with van der Waals surface area (Å²) in [7, 11) is -1.83. The Morgan fingerprint density at radius 1 is 1.22 bits per heavy atom. The highest BCUT2D eigenvalue weighted by atomic mass is 32.2. The van der Waals surface area contributed by atoms with Crippen molar-refractivity contribution >= 4 is 15.9 Å². The van der Waals surface area contributed by atoms with Crippen LogP contribution in [0.3, 0.4) is 0 Å². The molecule has 0 atom stereocenters. The van der Waals surface area contributed by atoms with Gasteiger partial charge in [-0.15, -0.1) is 0 Å². The minimum Gasteiger partial charge on any atom is -0.497 e. The van der Waals surface area contributed by atoms with E-state index in [1.807, 2.05) is 24.3 Å². The Hall–Kier alpha value is -1.60. The summed E-state index contributed by atoms with van der Waals surface area (Å²) in [5, 5.41) is 2.76. The smallest absolute Gasteiger partial charge is 0.235 e. The van der Waals surface area contributed by atoms with Gasteiger partial charge in [0.1, 0.15) is 5.75 Å². The SMILES string of the molecule is COc1ccc(CCNC(=O)CN(C(C)(C)C)S(C)(=O)=O)cc1. The number of rotatable bonds is 7. The van der Waals surface area contributed by atoms with E-state index in [0.717, 1.165) is 17.6 Å². The molecule has 0 saturated heterocycles. The van der Waals surface area contributed by atoms with Crippen LogP contribution in [-0.4, -0.2) is 50.6 Å². The molecular weight excluding hydrogens is 316 g/mol. The molecule has 0 aromatic heterocycles. The average molecular weight is 342 g/mol. The molecule has 0 bridgehead atoms. The minimum atomic E-state index is -3.44. The van der Waals surface area contributed by atoms with E-state index in [2.05, 4.69) is 5.32 Å². The summed E-state index contributed by atoms with van der Waals surface area (Å²) in [5.74, 6) is 0.477. The third kappa shape index (κ3) is 6.58. The molecule has 0 aliphatic rings. The zero-order chi connectivity index (χ0) is 17.7. The number of hydrogen-bond donors (Lipinski definition) is 1. The first kappa shape index (κ1) is 19.4. The van der Waals surface area contributed by atoms with Crippen molar-refractivity contribution in [2.45, 2.75) is 32.7 Å². The number of benzene rings is 1. The highest BCUT2D eigenvalue weighted by Crippen LogP contribution is 2.16. The first-order valence-electron chi connectivity index (χ1n) is 7.41. The van der Waals surface area contributed by atoms with Gasteiger partial charge >= 0.3 is 0 Å². The van der Waals surface area contributed by atoms with Crippen molar-refractivity contribution in [3.63, 3.8) is 0 Å². The second-order valence-electron chi connectivity index (χ2n) is 6.39. The number of nitrogens with one attached hydrogen (secondary N) is 1. The lowest BCUT2D eigenvalue weighted by Gasteiger charge is -2.32. The summed E-state index contributed by atoms with van der Waals surface area (Å²) in [4.78, 5) is 12.0. The molecule has 0 spiro atoms. The lowest BCUT2D eigenvalue weighted by atomic mass is 10.1.